The van der Waals surface area contributed by atoms with Crippen molar-refractivity contribution in [2.24, 2.45) is 0 Å². The molecule has 0 radical (unpaired) electrons. The number of imidazole rings is 1. The SMILES string of the molecule is Cc1cc(-c2nc3cnccn3c2NC[C@H]2CCCO2)c(C)n1-c1ccc2c(c1)OCO2. The zero-order chi connectivity index (χ0) is 21.7. The van der Waals surface area contributed by atoms with Crippen molar-refractivity contribution in [1.82, 2.24) is 18.9 Å². The van der Waals surface area contributed by atoms with Crippen molar-refractivity contribution in [3.8, 4) is 28.4 Å². The van der Waals surface area contributed by atoms with Crippen LogP contribution in [0.25, 0.3) is 22.6 Å². The van der Waals surface area contributed by atoms with Gasteiger partial charge in [0.2, 0.25) is 6.79 Å². The Morgan fingerprint density at radius 1 is 1.16 bits per heavy atom. The number of nitrogens with zero attached hydrogens (tertiary/aromatic N) is 4. The van der Waals surface area contributed by atoms with Gasteiger partial charge in [0, 0.05) is 54.3 Å². The number of ether oxygens (including phenoxy) is 3. The minimum atomic E-state index is 0.233. The molecule has 8 heteroatoms. The van der Waals surface area contributed by atoms with Crippen molar-refractivity contribution in [1.29, 1.82) is 0 Å². The van der Waals surface area contributed by atoms with Gasteiger partial charge in [0.05, 0.1) is 12.3 Å². The van der Waals surface area contributed by atoms with Gasteiger partial charge in [-0.3, -0.25) is 9.38 Å². The first-order chi connectivity index (χ1) is 15.7. The van der Waals surface area contributed by atoms with Gasteiger partial charge in [-0.25, -0.2) is 4.98 Å². The number of fused-ring (bicyclic) bond motifs is 2. The van der Waals surface area contributed by atoms with E-state index in [-0.39, 0.29) is 12.9 Å². The number of hydrogen-bond donors (Lipinski definition) is 1. The van der Waals surface area contributed by atoms with E-state index in [1.54, 1.807) is 12.4 Å². The van der Waals surface area contributed by atoms with E-state index >= 15 is 0 Å². The molecule has 3 aromatic heterocycles. The van der Waals surface area contributed by atoms with Gasteiger partial charge in [-0.1, -0.05) is 0 Å². The quantitative estimate of drug-likeness (QED) is 0.512. The Hall–Kier alpha value is -3.52. The predicted octanol–water partition coefficient (Wildman–Crippen LogP) is 4.12. The fourth-order valence-corrected chi connectivity index (χ4v) is 4.70. The lowest BCUT2D eigenvalue weighted by Gasteiger charge is -2.13. The standard InChI is InChI=1S/C24H25N5O3/c1-15-10-19(16(2)29(15)17-5-6-20-21(11-17)32-14-31-20)23-24(26-12-18-4-3-9-30-18)28-8-7-25-13-22(28)27-23/h5-8,10-11,13,18,26H,3-4,9,12,14H2,1-2H3/t18-/m1/s1. The first-order valence-corrected chi connectivity index (χ1v) is 11.0. The van der Waals surface area contributed by atoms with Crippen molar-refractivity contribution in [3.05, 3.63) is 54.2 Å². The minimum absolute atomic E-state index is 0.233. The van der Waals surface area contributed by atoms with Crippen molar-refractivity contribution in [3.63, 3.8) is 0 Å². The lowest BCUT2D eigenvalue weighted by molar-refractivity contribution is 0.120. The first kappa shape index (κ1) is 19.2. The molecule has 1 N–H and O–H groups in total. The van der Waals surface area contributed by atoms with Crippen molar-refractivity contribution >= 4 is 11.5 Å². The lowest BCUT2D eigenvalue weighted by atomic mass is 10.1. The number of aromatic nitrogens is 4. The molecule has 1 atom stereocenters. The van der Waals surface area contributed by atoms with Crippen LogP contribution in [0.4, 0.5) is 5.82 Å². The van der Waals surface area contributed by atoms with E-state index in [9.17, 15) is 0 Å². The normalized spacial score (nSPS) is 17.4. The van der Waals surface area contributed by atoms with Crippen LogP contribution in [0.15, 0.2) is 42.9 Å². The van der Waals surface area contributed by atoms with E-state index in [1.165, 1.54) is 0 Å². The average Bonchev–Trinajstić information content (AvgIpc) is 3.58. The van der Waals surface area contributed by atoms with Crippen LogP contribution in [0.2, 0.25) is 0 Å². The second kappa shape index (κ2) is 7.56. The van der Waals surface area contributed by atoms with Gasteiger partial charge in [-0.05, 0) is 44.9 Å². The molecular weight excluding hydrogens is 406 g/mol. The maximum Gasteiger partial charge on any atom is 0.231 e. The summed E-state index contributed by atoms with van der Waals surface area (Å²) in [5, 5.41) is 3.61. The highest BCUT2D eigenvalue weighted by Gasteiger charge is 2.23. The maximum absolute atomic E-state index is 5.82. The van der Waals surface area contributed by atoms with Crippen molar-refractivity contribution in [2.45, 2.75) is 32.8 Å². The summed E-state index contributed by atoms with van der Waals surface area (Å²) < 4.78 is 21.2. The third kappa shape index (κ3) is 3.10. The summed E-state index contributed by atoms with van der Waals surface area (Å²) in [6.45, 7) is 6.09. The molecule has 2 aliphatic rings. The molecule has 2 aliphatic heterocycles. The van der Waals surface area contributed by atoms with Crippen molar-refractivity contribution in [2.75, 3.05) is 25.3 Å². The molecule has 0 aliphatic carbocycles. The fraction of sp³-hybridized carbons (Fsp3) is 0.333. The van der Waals surface area contributed by atoms with Crippen LogP contribution in [0.3, 0.4) is 0 Å². The molecule has 0 saturated carbocycles. The maximum atomic E-state index is 5.82. The molecular formula is C24H25N5O3. The summed E-state index contributed by atoms with van der Waals surface area (Å²) >= 11 is 0. The number of nitrogens with one attached hydrogen (secondary N) is 1. The van der Waals surface area contributed by atoms with E-state index in [1.807, 2.05) is 18.3 Å². The van der Waals surface area contributed by atoms with Crippen LogP contribution in [-0.2, 0) is 4.74 Å². The number of anilines is 1. The third-order valence-electron chi connectivity index (χ3n) is 6.25. The van der Waals surface area contributed by atoms with Crippen molar-refractivity contribution < 1.29 is 14.2 Å². The Bertz CT molecular complexity index is 1300. The average molecular weight is 431 g/mol. The Balaban J connectivity index is 1.44. The van der Waals surface area contributed by atoms with Crippen LogP contribution in [0.1, 0.15) is 24.2 Å². The summed E-state index contributed by atoms with van der Waals surface area (Å²) in [6, 6.07) is 8.23. The number of aryl methyl sites for hydroxylation is 1. The lowest BCUT2D eigenvalue weighted by Crippen LogP contribution is -2.19. The van der Waals surface area contributed by atoms with Crippen LogP contribution >= 0.6 is 0 Å². The van der Waals surface area contributed by atoms with E-state index < -0.39 is 0 Å². The van der Waals surface area contributed by atoms with Gasteiger partial charge >= 0.3 is 0 Å². The molecule has 1 fully saturated rings. The number of hydrogen-bond acceptors (Lipinski definition) is 6. The molecule has 1 saturated heterocycles. The first-order valence-electron chi connectivity index (χ1n) is 11.0. The molecule has 0 unspecified atom stereocenters. The third-order valence-corrected chi connectivity index (χ3v) is 6.25. The largest absolute Gasteiger partial charge is 0.454 e. The molecule has 32 heavy (non-hydrogen) atoms. The van der Waals surface area contributed by atoms with E-state index in [0.717, 1.165) is 77.3 Å². The molecule has 0 spiro atoms. The van der Waals surface area contributed by atoms with E-state index in [4.69, 9.17) is 19.2 Å². The van der Waals surface area contributed by atoms with E-state index in [0.29, 0.717) is 0 Å². The summed E-state index contributed by atoms with van der Waals surface area (Å²) in [5.41, 5.74) is 6.07. The summed E-state index contributed by atoms with van der Waals surface area (Å²) in [6.07, 6.45) is 7.95. The Morgan fingerprint density at radius 3 is 2.94 bits per heavy atom. The number of benzene rings is 1. The summed E-state index contributed by atoms with van der Waals surface area (Å²) in [4.78, 5) is 9.19. The molecule has 8 nitrogen and oxygen atoms in total. The van der Waals surface area contributed by atoms with Gasteiger partial charge in [0.15, 0.2) is 17.1 Å². The molecule has 1 aromatic carbocycles. The number of rotatable bonds is 5. The molecule has 4 aromatic rings. The van der Waals surface area contributed by atoms with Crippen LogP contribution in [0.5, 0.6) is 11.5 Å². The Morgan fingerprint density at radius 2 is 2.06 bits per heavy atom. The Kier molecular flexibility index (Phi) is 4.53. The monoisotopic (exact) mass is 431 g/mol. The van der Waals surface area contributed by atoms with E-state index in [2.05, 4.69) is 45.2 Å². The molecule has 164 valence electrons. The topological polar surface area (TPSA) is 74.8 Å². The van der Waals surface area contributed by atoms with Gasteiger partial charge in [-0.15, -0.1) is 0 Å². The van der Waals surface area contributed by atoms with Crippen LogP contribution in [0, 0.1) is 13.8 Å². The smallest absolute Gasteiger partial charge is 0.231 e. The Labute approximate surface area is 185 Å². The zero-order valence-corrected chi connectivity index (χ0v) is 18.2. The zero-order valence-electron chi connectivity index (χ0n) is 18.2. The summed E-state index contributed by atoms with van der Waals surface area (Å²) in [7, 11) is 0. The van der Waals surface area contributed by atoms with Gasteiger partial charge < -0.3 is 24.1 Å². The fourth-order valence-electron chi connectivity index (χ4n) is 4.70. The predicted molar refractivity (Wildman–Crippen MR) is 121 cm³/mol. The van der Waals surface area contributed by atoms with Gasteiger partial charge in [-0.2, -0.15) is 0 Å². The van der Waals surface area contributed by atoms with Gasteiger partial charge in [0.1, 0.15) is 11.5 Å². The van der Waals surface area contributed by atoms with Crippen LogP contribution < -0.4 is 14.8 Å². The molecule has 0 bridgehead atoms. The highest BCUT2D eigenvalue weighted by molar-refractivity contribution is 5.79. The highest BCUT2D eigenvalue weighted by Crippen LogP contribution is 2.38. The molecule has 5 heterocycles. The van der Waals surface area contributed by atoms with Gasteiger partial charge in [0.25, 0.3) is 0 Å². The van der Waals surface area contributed by atoms with Crippen LogP contribution in [-0.4, -0.2) is 45.0 Å². The second-order valence-corrected chi connectivity index (χ2v) is 8.29. The molecule has 0 amide bonds. The summed E-state index contributed by atoms with van der Waals surface area (Å²) in [5.74, 6) is 2.52. The minimum Gasteiger partial charge on any atom is -0.454 e. The highest BCUT2D eigenvalue weighted by atomic mass is 16.7. The molecule has 6 rings (SSSR count). The second-order valence-electron chi connectivity index (χ2n) is 8.29.